The van der Waals surface area contributed by atoms with Crippen LogP contribution >= 0.6 is 0 Å². The van der Waals surface area contributed by atoms with E-state index in [0.717, 1.165) is 11.5 Å². The van der Waals surface area contributed by atoms with Gasteiger partial charge in [-0.15, -0.1) is 0 Å². The van der Waals surface area contributed by atoms with Gasteiger partial charge in [-0.2, -0.15) is 0 Å². The number of hydrogen-bond acceptors (Lipinski definition) is 4. The van der Waals surface area contributed by atoms with Crippen molar-refractivity contribution in [3.8, 4) is 0 Å². The zero-order valence-electron chi connectivity index (χ0n) is 11.5. The Morgan fingerprint density at radius 3 is 2.84 bits per heavy atom. The highest BCUT2D eigenvalue weighted by molar-refractivity contribution is 5.31. The molecule has 0 saturated carbocycles. The molecule has 0 aliphatic rings. The average molecular weight is 261 g/mol. The van der Waals surface area contributed by atoms with Gasteiger partial charge >= 0.3 is 0 Å². The van der Waals surface area contributed by atoms with Gasteiger partial charge in [0.05, 0.1) is 6.54 Å². The van der Waals surface area contributed by atoms with Crippen LogP contribution in [0.4, 0.5) is 5.82 Å². The highest BCUT2D eigenvalue weighted by Gasteiger charge is 2.06. The van der Waals surface area contributed by atoms with Crippen LogP contribution in [-0.4, -0.2) is 9.55 Å². The van der Waals surface area contributed by atoms with Crippen LogP contribution in [0.15, 0.2) is 33.7 Å². The van der Waals surface area contributed by atoms with Crippen LogP contribution in [0.1, 0.15) is 25.4 Å². The van der Waals surface area contributed by atoms with Gasteiger partial charge in [-0.05, 0) is 25.0 Å². The summed E-state index contributed by atoms with van der Waals surface area (Å²) in [7, 11) is 0. The molecule has 0 unspecified atom stereocenters. The zero-order valence-corrected chi connectivity index (χ0v) is 11.5. The summed E-state index contributed by atoms with van der Waals surface area (Å²) >= 11 is 0. The quantitative estimate of drug-likeness (QED) is 0.898. The van der Waals surface area contributed by atoms with Crippen molar-refractivity contribution in [3.63, 3.8) is 0 Å². The minimum Gasteiger partial charge on any atom is -0.465 e. The molecule has 0 amide bonds. The first kappa shape index (κ1) is 13.4. The lowest BCUT2D eigenvalue weighted by Crippen LogP contribution is -2.25. The number of aromatic nitrogens is 2. The van der Waals surface area contributed by atoms with E-state index in [1.54, 1.807) is 17.0 Å². The number of nitrogens with zero attached hydrogens (tertiary/aromatic N) is 2. The van der Waals surface area contributed by atoms with E-state index < -0.39 is 0 Å². The van der Waals surface area contributed by atoms with E-state index in [1.807, 2.05) is 19.1 Å². The number of aryl methyl sites for hydroxylation is 1. The zero-order chi connectivity index (χ0) is 13.8. The lowest BCUT2D eigenvalue weighted by Gasteiger charge is -2.10. The largest absolute Gasteiger partial charge is 0.465 e. The Bertz CT molecular complexity index is 599. The summed E-state index contributed by atoms with van der Waals surface area (Å²) in [5.41, 5.74) is -0.0977. The molecular formula is C14H19N3O2. The molecule has 19 heavy (non-hydrogen) atoms. The first-order valence-corrected chi connectivity index (χ1v) is 6.41. The third-order valence-electron chi connectivity index (χ3n) is 2.70. The molecule has 1 N–H and O–H groups in total. The maximum Gasteiger partial charge on any atom is 0.293 e. The average Bonchev–Trinajstić information content (AvgIpc) is 2.76. The van der Waals surface area contributed by atoms with Gasteiger partial charge in [-0.3, -0.25) is 4.79 Å². The molecular weight excluding hydrogens is 242 g/mol. The first-order chi connectivity index (χ1) is 9.06. The lowest BCUT2D eigenvalue weighted by atomic mass is 10.2. The molecule has 0 spiro atoms. The van der Waals surface area contributed by atoms with Crippen molar-refractivity contribution < 1.29 is 4.42 Å². The minimum absolute atomic E-state index is 0.0977. The molecule has 0 aliphatic heterocycles. The van der Waals surface area contributed by atoms with Gasteiger partial charge in [0.25, 0.3) is 5.56 Å². The molecule has 2 heterocycles. The van der Waals surface area contributed by atoms with Gasteiger partial charge in [0.1, 0.15) is 11.5 Å². The summed E-state index contributed by atoms with van der Waals surface area (Å²) in [4.78, 5) is 16.2. The van der Waals surface area contributed by atoms with E-state index in [2.05, 4.69) is 24.1 Å². The van der Waals surface area contributed by atoms with Crippen LogP contribution in [0.5, 0.6) is 0 Å². The van der Waals surface area contributed by atoms with Crippen LogP contribution in [-0.2, 0) is 13.1 Å². The second-order valence-corrected chi connectivity index (χ2v) is 4.99. The monoisotopic (exact) mass is 261 g/mol. The molecule has 2 aromatic heterocycles. The van der Waals surface area contributed by atoms with Crippen LogP contribution in [0.2, 0.25) is 0 Å². The second kappa shape index (κ2) is 5.73. The molecule has 0 bridgehead atoms. The summed E-state index contributed by atoms with van der Waals surface area (Å²) in [5, 5.41) is 3.02. The van der Waals surface area contributed by atoms with Crippen LogP contribution in [0.25, 0.3) is 0 Å². The van der Waals surface area contributed by atoms with E-state index in [9.17, 15) is 4.79 Å². The summed E-state index contributed by atoms with van der Waals surface area (Å²) in [6, 6.07) is 3.78. The van der Waals surface area contributed by atoms with Crippen molar-refractivity contribution in [2.24, 2.45) is 5.92 Å². The topological polar surface area (TPSA) is 60.1 Å². The second-order valence-electron chi connectivity index (χ2n) is 4.99. The van der Waals surface area contributed by atoms with Gasteiger partial charge in [0.2, 0.25) is 0 Å². The van der Waals surface area contributed by atoms with Gasteiger partial charge in [-0.1, -0.05) is 13.8 Å². The Kier molecular flexibility index (Phi) is 4.04. The van der Waals surface area contributed by atoms with E-state index >= 15 is 0 Å². The maximum absolute atomic E-state index is 12.1. The SMILES string of the molecule is Cc1ccc(CNc2nccn(CC(C)C)c2=O)o1. The Morgan fingerprint density at radius 1 is 1.42 bits per heavy atom. The number of hydrogen-bond donors (Lipinski definition) is 1. The predicted molar refractivity (Wildman–Crippen MR) is 74.1 cm³/mol. The highest BCUT2D eigenvalue weighted by Crippen LogP contribution is 2.07. The van der Waals surface area contributed by atoms with Crippen LogP contribution in [0.3, 0.4) is 0 Å². The molecule has 0 atom stereocenters. The molecule has 2 rings (SSSR count). The van der Waals surface area contributed by atoms with Crippen LogP contribution in [0, 0.1) is 12.8 Å². The normalized spacial score (nSPS) is 10.9. The highest BCUT2D eigenvalue weighted by atomic mass is 16.3. The Balaban J connectivity index is 2.10. The standard InChI is InChI=1S/C14H19N3O2/c1-10(2)9-17-7-6-15-13(14(17)18)16-8-12-5-4-11(3)19-12/h4-7,10H,8-9H2,1-3H3,(H,15,16). The summed E-state index contributed by atoms with van der Waals surface area (Å²) in [6.07, 6.45) is 3.35. The molecule has 5 heteroatoms. The van der Waals surface area contributed by atoms with Gasteiger partial charge in [0, 0.05) is 18.9 Å². The molecule has 102 valence electrons. The lowest BCUT2D eigenvalue weighted by molar-refractivity contribution is 0.489. The Hall–Kier alpha value is -2.04. The molecule has 0 saturated heterocycles. The molecule has 0 fully saturated rings. The molecule has 0 aliphatic carbocycles. The Morgan fingerprint density at radius 2 is 2.21 bits per heavy atom. The van der Waals surface area contributed by atoms with Crippen molar-refractivity contribution in [3.05, 3.63) is 46.4 Å². The van der Waals surface area contributed by atoms with Crippen molar-refractivity contribution in [2.45, 2.75) is 33.9 Å². The predicted octanol–water partition coefficient (Wildman–Crippen LogP) is 2.41. The molecule has 5 nitrogen and oxygen atoms in total. The fraction of sp³-hybridized carbons (Fsp3) is 0.429. The number of furan rings is 1. The molecule has 0 aromatic carbocycles. The van der Waals surface area contributed by atoms with Gasteiger partial charge in [-0.25, -0.2) is 4.98 Å². The van der Waals surface area contributed by atoms with E-state index in [0.29, 0.717) is 24.8 Å². The third-order valence-corrected chi connectivity index (χ3v) is 2.70. The van der Waals surface area contributed by atoms with Crippen molar-refractivity contribution in [2.75, 3.05) is 5.32 Å². The van der Waals surface area contributed by atoms with E-state index in [4.69, 9.17) is 4.42 Å². The van der Waals surface area contributed by atoms with E-state index in [1.165, 1.54) is 0 Å². The third kappa shape index (κ3) is 3.47. The summed E-state index contributed by atoms with van der Waals surface area (Å²) < 4.78 is 7.11. The van der Waals surface area contributed by atoms with Gasteiger partial charge in [0.15, 0.2) is 5.82 Å². The number of rotatable bonds is 5. The first-order valence-electron chi connectivity index (χ1n) is 6.41. The fourth-order valence-corrected chi connectivity index (χ4v) is 1.86. The van der Waals surface area contributed by atoms with Crippen LogP contribution < -0.4 is 10.9 Å². The fourth-order valence-electron chi connectivity index (χ4n) is 1.86. The van der Waals surface area contributed by atoms with Crippen molar-refractivity contribution >= 4 is 5.82 Å². The Labute approximate surface area is 112 Å². The maximum atomic E-state index is 12.1. The van der Waals surface area contributed by atoms with Crippen molar-refractivity contribution in [1.29, 1.82) is 0 Å². The molecule has 2 aromatic rings. The smallest absolute Gasteiger partial charge is 0.293 e. The van der Waals surface area contributed by atoms with E-state index in [-0.39, 0.29) is 5.56 Å². The molecule has 0 radical (unpaired) electrons. The van der Waals surface area contributed by atoms with Crippen molar-refractivity contribution in [1.82, 2.24) is 9.55 Å². The number of nitrogens with one attached hydrogen (secondary N) is 1. The van der Waals surface area contributed by atoms with Gasteiger partial charge < -0.3 is 14.3 Å². The minimum atomic E-state index is -0.0977. The summed E-state index contributed by atoms with van der Waals surface area (Å²) in [6.45, 7) is 7.19. The summed E-state index contributed by atoms with van der Waals surface area (Å²) in [5.74, 6) is 2.42. The number of anilines is 1.